The van der Waals surface area contributed by atoms with Crippen LogP contribution in [0.4, 0.5) is 0 Å². The summed E-state index contributed by atoms with van der Waals surface area (Å²) in [7, 11) is 1.25. The Morgan fingerprint density at radius 3 is 2.72 bits per heavy atom. The number of carbonyl (C=O) groups is 1. The molecular weight excluding hydrogens is 279 g/mol. The fourth-order valence-corrected chi connectivity index (χ4v) is 1.95. The second-order valence-electron chi connectivity index (χ2n) is 3.60. The van der Waals surface area contributed by atoms with Crippen LogP contribution >= 0.6 is 23.2 Å². The van der Waals surface area contributed by atoms with Crippen LogP contribution < -0.4 is 5.56 Å². The van der Waals surface area contributed by atoms with Crippen molar-refractivity contribution in [3.05, 3.63) is 37.9 Å². The molecule has 94 valence electrons. The molecule has 0 fully saturated rings. The second kappa shape index (κ2) is 4.59. The van der Waals surface area contributed by atoms with E-state index in [-0.39, 0.29) is 32.2 Å². The number of aryl methyl sites for hydroxylation is 1. The number of hydrogen-bond donors (Lipinski definition) is 1. The van der Waals surface area contributed by atoms with E-state index in [1.165, 1.54) is 13.2 Å². The van der Waals surface area contributed by atoms with Crippen LogP contribution in [-0.4, -0.2) is 23.0 Å². The summed E-state index contributed by atoms with van der Waals surface area (Å²) in [6.07, 6.45) is 0. The van der Waals surface area contributed by atoms with Crippen molar-refractivity contribution in [3.63, 3.8) is 0 Å². The molecule has 2 heterocycles. The third kappa shape index (κ3) is 1.95. The normalized spacial score (nSPS) is 10.7. The highest BCUT2D eigenvalue weighted by molar-refractivity contribution is 6.41. The summed E-state index contributed by atoms with van der Waals surface area (Å²) >= 11 is 11.6. The molecule has 0 saturated heterocycles. The average Bonchev–Trinajstić information content (AvgIpc) is 2.31. The fourth-order valence-electron chi connectivity index (χ4n) is 1.66. The number of aromatic nitrogens is 2. The predicted molar refractivity (Wildman–Crippen MR) is 68.5 cm³/mol. The zero-order valence-corrected chi connectivity index (χ0v) is 11.0. The molecule has 0 amide bonds. The van der Waals surface area contributed by atoms with Gasteiger partial charge in [0.1, 0.15) is 10.7 Å². The molecule has 5 nitrogen and oxygen atoms in total. The molecule has 0 atom stereocenters. The third-order valence-corrected chi connectivity index (χ3v) is 3.15. The summed E-state index contributed by atoms with van der Waals surface area (Å²) < 4.78 is 4.66. The first-order valence-corrected chi connectivity index (χ1v) is 5.68. The first-order valence-electron chi connectivity index (χ1n) is 4.92. The predicted octanol–water partition coefficient (Wildman–Crippen LogP) is 2.32. The molecule has 0 aliphatic heterocycles. The Hall–Kier alpha value is -1.59. The fraction of sp³-hybridized carbons (Fsp3) is 0.182. The number of H-pyrrole nitrogens is 1. The summed E-state index contributed by atoms with van der Waals surface area (Å²) in [5.41, 5.74) is 0.328. The van der Waals surface area contributed by atoms with Gasteiger partial charge in [-0.2, -0.15) is 0 Å². The van der Waals surface area contributed by atoms with Crippen molar-refractivity contribution in [1.29, 1.82) is 0 Å². The van der Waals surface area contributed by atoms with Crippen molar-refractivity contribution in [2.75, 3.05) is 7.11 Å². The molecule has 0 bridgehead atoms. The second-order valence-corrected chi connectivity index (χ2v) is 4.37. The minimum Gasteiger partial charge on any atom is -0.465 e. The first kappa shape index (κ1) is 12.9. The molecule has 18 heavy (non-hydrogen) atoms. The van der Waals surface area contributed by atoms with Crippen molar-refractivity contribution in [3.8, 4) is 0 Å². The van der Waals surface area contributed by atoms with Crippen molar-refractivity contribution in [1.82, 2.24) is 9.97 Å². The summed E-state index contributed by atoms with van der Waals surface area (Å²) in [6.45, 7) is 1.58. The Morgan fingerprint density at radius 2 is 2.11 bits per heavy atom. The Morgan fingerprint density at radius 1 is 1.44 bits per heavy atom. The van der Waals surface area contributed by atoms with E-state index in [1.807, 2.05) is 0 Å². The number of methoxy groups -OCH3 is 1. The van der Waals surface area contributed by atoms with Crippen LogP contribution in [0.25, 0.3) is 10.9 Å². The quantitative estimate of drug-likeness (QED) is 0.645. The van der Waals surface area contributed by atoms with Gasteiger partial charge in [0, 0.05) is 5.69 Å². The molecule has 1 N–H and O–H groups in total. The lowest BCUT2D eigenvalue weighted by molar-refractivity contribution is 0.0601. The maximum Gasteiger partial charge on any atom is 0.341 e. The van der Waals surface area contributed by atoms with E-state index in [4.69, 9.17) is 23.2 Å². The van der Waals surface area contributed by atoms with E-state index < -0.39 is 5.97 Å². The molecule has 0 unspecified atom stereocenters. The van der Waals surface area contributed by atoms with Crippen LogP contribution in [0.2, 0.25) is 10.2 Å². The molecule has 0 aromatic carbocycles. The van der Waals surface area contributed by atoms with E-state index in [1.54, 1.807) is 6.92 Å². The van der Waals surface area contributed by atoms with Crippen LogP contribution in [-0.2, 0) is 4.74 Å². The van der Waals surface area contributed by atoms with Crippen molar-refractivity contribution in [2.45, 2.75) is 6.92 Å². The first-order chi connectivity index (χ1) is 8.45. The van der Waals surface area contributed by atoms with Crippen LogP contribution in [0.3, 0.4) is 0 Å². The van der Waals surface area contributed by atoms with Crippen LogP contribution in [0.1, 0.15) is 16.1 Å². The molecule has 0 spiro atoms. The van der Waals surface area contributed by atoms with Gasteiger partial charge in [0.05, 0.1) is 23.0 Å². The Kier molecular flexibility index (Phi) is 3.28. The Labute approximate surface area is 112 Å². The van der Waals surface area contributed by atoms with E-state index in [0.717, 1.165) is 0 Å². The zero-order valence-electron chi connectivity index (χ0n) is 9.51. The van der Waals surface area contributed by atoms with Crippen LogP contribution in [0, 0.1) is 6.92 Å². The topological polar surface area (TPSA) is 72.1 Å². The number of nitrogens with one attached hydrogen (secondary N) is 1. The molecule has 0 radical (unpaired) electrons. The number of rotatable bonds is 1. The maximum absolute atomic E-state index is 11.8. The van der Waals surface area contributed by atoms with Gasteiger partial charge in [-0.25, -0.2) is 9.78 Å². The van der Waals surface area contributed by atoms with Crippen molar-refractivity contribution >= 4 is 40.1 Å². The molecule has 0 aliphatic carbocycles. The van der Waals surface area contributed by atoms with Gasteiger partial charge in [-0.05, 0) is 13.0 Å². The average molecular weight is 287 g/mol. The monoisotopic (exact) mass is 286 g/mol. The summed E-state index contributed by atoms with van der Waals surface area (Å²) in [5.74, 6) is -0.598. The number of nitrogens with zero attached hydrogens (tertiary/aromatic N) is 1. The molecule has 2 rings (SSSR count). The highest BCUT2D eigenvalue weighted by Crippen LogP contribution is 2.25. The molecule has 2 aromatic rings. The van der Waals surface area contributed by atoms with Gasteiger partial charge in [-0.1, -0.05) is 23.2 Å². The number of aromatic amines is 1. The number of hydrogen-bond acceptors (Lipinski definition) is 4. The van der Waals surface area contributed by atoms with Gasteiger partial charge in [0.15, 0.2) is 0 Å². The van der Waals surface area contributed by atoms with Gasteiger partial charge in [0.2, 0.25) is 0 Å². The van der Waals surface area contributed by atoms with Crippen LogP contribution in [0.5, 0.6) is 0 Å². The van der Waals surface area contributed by atoms with Gasteiger partial charge >= 0.3 is 5.97 Å². The largest absolute Gasteiger partial charge is 0.465 e. The van der Waals surface area contributed by atoms with E-state index >= 15 is 0 Å². The number of esters is 1. The lowest BCUT2D eigenvalue weighted by Crippen LogP contribution is -2.16. The minimum atomic E-state index is -0.598. The molecule has 0 saturated carbocycles. The zero-order chi connectivity index (χ0) is 13.4. The van der Waals surface area contributed by atoms with Gasteiger partial charge in [0.25, 0.3) is 5.56 Å². The Bertz CT molecular complexity index is 709. The summed E-state index contributed by atoms with van der Waals surface area (Å²) in [5, 5.41) is 0.365. The number of halogens is 2. The summed E-state index contributed by atoms with van der Waals surface area (Å²) in [4.78, 5) is 30.0. The lowest BCUT2D eigenvalue weighted by Gasteiger charge is -2.08. The van der Waals surface area contributed by atoms with Gasteiger partial charge < -0.3 is 9.72 Å². The molecule has 7 heteroatoms. The highest BCUT2D eigenvalue weighted by Gasteiger charge is 2.19. The minimum absolute atomic E-state index is 0.0271. The third-order valence-electron chi connectivity index (χ3n) is 2.48. The van der Waals surface area contributed by atoms with E-state index in [9.17, 15) is 9.59 Å². The van der Waals surface area contributed by atoms with E-state index in [0.29, 0.717) is 5.69 Å². The molecular formula is C11H8Cl2N2O3. The molecule has 2 aromatic heterocycles. The van der Waals surface area contributed by atoms with E-state index in [2.05, 4.69) is 14.7 Å². The van der Waals surface area contributed by atoms with Crippen molar-refractivity contribution in [2.24, 2.45) is 0 Å². The maximum atomic E-state index is 11.8. The smallest absolute Gasteiger partial charge is 0.341 e. The standard InChI is InChI=1S/C11H8Cl2N2O3/c1-4-7(11(17)18-2)8-5(10(16)14-4)3-6(12)9(13)15-8/h3H,1-2H3,(H,14,16). The van der Waals surface area contributed by atoms with Gasteiger partial charge in [-0.15, -0.1) is 0 Å². The number of fused-ring (bicyclic) bond motifs is 1. The van der Waals surface area contributed by atoms with Gasteiger partial charge in [-0.3, -0.25) is 4.79 Å². The lowest BCUT2D eigenvalue weighted by atomic mass is 10.1. The Balaban J connectivity index is 2.98. The number of carbonyl (C=O) groups excluding carboxylic acids is 1. The number of pyridine rings is 2. The highest BCUT2D eigenvalue weighted by atomic mass is 35.5. The SMILES string of the molecule is COC(=O)c1c(C)[nH]c(=O)c2cc(Cl)c(Cl)nc12. The number of ether oxygens (including phenoxy) is 1. The van der Waals surface area contributed by atoms with Crippen LogP contribution in [0.15, 0.2) is 10.9 Å². The summed E-state index contributed by atoms with van der Waals surface area (Å²) in [6, 6.07) is 1.37. The van der Waals surface area contributed by atoms with Crippen molar-refractivity contribution < 1.29 is 9.53 Å². The molecule has 0 aliphatic rings.